The van der Waals surface area contributed by atoms with Gasteiger partial charge in [0.2, 0.25) is 0 Å². The van der Waals surface area contributed by atoms with Gasteiger partial charge < -0.3 is 10.4 Å². The molecule has 0 radical (unpaired) electrons. The van der Waals surface area contributed by atoms with Gasteiger partial charge in [-0.05, 0) is 48.4 Å². The van der Waals surface area contributed by atoms with Crippen LogP contribution in [-0.2, 0) is 12.8 Å². The molecule has 1 aromatic rings. The van der Waals surface area contributed by atoms with Crippen LogP contribution >= 0.6 is 0 Å². The molecule has 0 aliphatic heterocycles. The smallest absolute Gasteiger partial charge is 0.251 e. The molecule has 0 fully saturated rings. The highest BCUT2D eigenvalue weighted by Gasteiger charge is 2.18. The van der Waals surface area contributed by atoms with E-state index in [0.29, 0.717) is 5.56 Å². The Bertz CT molecular complexity index is 440. The third-order valence-electron chi connectivity index (χ3n) is 3.68. The van der Waals surface area contributed by atoms with Crippen molar-refractivity contribution in [3.05, 3.63) is 34.9 Å². The molecular formula is C15H21NO2. The molecule has 0 aromatic heterocycles. The second kappa shape index (κ2) is 5.53. The minimum atomic E-state index is -0.175. The fourth-order valence-corrected chi connectivity index (χ4v) is 2.39. The number of rotatable bonds is 4. The lowest BCUT2D eigenvalue weighted by Crippen LogP contribution is -2.41. The maximum Gasteiger partial charge on any atom is 0.251 e. The molecule has 0 bridgehead atoms. The summed E-state index contributed by atoms with van der Waals surface area (Å²) in [6, 6.07) is 5.76. The first-order valence-electron chi connectivity index (χ1n) is 6.65. The lowest BCUT2D eigenvalue weighted by Gasteiger charge is -2.20. The molecule has 1 atom stereocenters. The first-order valence-corrected chi connectivity index (χ1v) is 6.65. The zero-order valence-electron chi connectivity index (χ0n) is 11.1. The molecule has 98 valence electrons. The number of hydrogen-bond acceptors (Lipinski definition) is 2. The van der Waals surface area contributed by atoms with Gasteiger partial charge in [0, 0.05) is 5.56 Å². The van der Waals surface area contributed by atoms with E-state index in [2.05, 4.69) is 11.4 Å². The molecule has 0 spiro atoms. The highest BCUT2D eigenvalue weighted by Crippen LogP contribution is 2.22. The average Bonchev–Trinajstić information content (AvgIpc) is 2.82. The van der Waals surface area contributed by atoms with Crippen molar-refractivity contribution in [2.24, 2.45) is 5.92 Å². The van der Waals surface area contributed by atoms with Crippen LogP contribution in [0.5, 0.6) is 0 Å². The van der Waals surface area contributed by atoms with Gasteiger partial charge in [-0.25, -0.2) is 0 Å². The molecule has 3 heteroatoms. The summed E-state index contributed by atoms with van der Waals surface area (Å²) in [5.41, 5.74) is 3.37. The summed E-state index contributed by atoms with van der Waals surface area (Å²) in [4.78, 5) is 12.1. The van der Waals surface area contributed by atoms with E-state index in [4.69, 9.17) is 0 Å². The second-order valence-corrected chi connectivity index (χ2v) is 5.34. The summed E-state index contributed by atoms with van der Waals surface area (Å²) >= 11 is 0. The van der Waals surface area contributed by atoms with Crippen molar-refractivity contribution < 1.29 is 9.90 Å². The van der Waals surface area contributed by atoms with Crippen LogP contribution in [0.15, 0.2) is 18.2 Å². The second-order valence-electron chi connectivity index (χ2n) is 5.34. The number of aliphatic hydroxyl groups excluding tert-OH is 1. The lowest BCUT2D eigenvalue weighted by atomic mass is 10.0. The molecular weight excluding hydrogens is 226 g/mol. The number of aryl methyl sites for hydroxylation is 2. The van der Waals surface area contributed by atoms with E-state index in [9.17, 15) is 9.90 Å². The zero-order valence-corrected chi connectivity index (χ0v) is 11.1. The van der Waals surface area contributed by atoms with E-state index < -0.39 is 0 Å². The summed E-state index contributed by atoms with van der Waals surface area (Å²) in [5.74, 6) is 0.144. The highest BCUT2D eigenvalue weighted by molar-refractivity contribution is 5.94. The summed E-state index contributed by atoms with van der Waals surface area (Å²) in [5, 5.41) is 12.1. The lowest BCUT2D eigenvalue weighted by molar-refractivity contribution is 0.0897. The van der Waals surface area contributed by atoms with Gasteiger partial charge in [-0.3, -0.25) is 4.79 Å². The van der Waals surface area contributed by atoms with Crippen molar-refractivity contribution in [2.45, 2.75) is 39.2 Å². The molecule has 0 saturated carbocycles. The molecule has 0 heterocycles. The minimum Gasteiger partial charge on any atom is -0.394 e. The van der Waals surface area contributed by atoms with Crippen molar-refractivity contribution in [2.75, 3.05) is 6.61 Å². The predicted octanol–water partition coefficient (Wildman–Crippen LogP) is 1.92. The van der Waals surface area contributed by atoms with Crippen LogP contribution < -0.4 is 5.32 Å². The molecule has 1 aliphatic carbocycles. The summed E-state index contributed by atoms with van der Waals surface area (Å²) < 4.78 is 0. The SMILES string of the molecule is CC(C)C(CO)NC(=O)c1ccc2c(c1)CCC2. The minimum absolute atomic E-state index is 0.0195. The van der Waals surface area contributed by atoms with Gasteiger partial charge >= 0.3 is 0 Å². The quantitative estimate of drug-likeness (QED) is 0.854. The van der Waals surface area contributed by atoms with Gasteiger partial charge in [-0.2, -0.15) is 0 Å². The molecule has 3 nitrogen and oxygen atoms in total. The van der Waals surface area contributed by atoms with Crippen molar-refractivity contribution in [1.82, 2.24) is 5.32 Å². The Morgan fingerprint density at radius 3 is 2.72 bits per heavy atom. The van der Waals surface area contributed by atoms with Crippen molar-refractivity contribution in [3.8, 4) is 0 Å². The highest BCUT2D eigenvalue weighted by atomic mass is 16.3. The third kappa shape index (κ3) is 2.72. The van der Waals surface area contributed by atoms with Crippen LogP contribution in [0.3, 0.4) is 0 Å². The van der Waals surface area contributed by atoms with Crippen LogP contribution in [0.25, 0.3) is 0 Å². The third-order valence-corrected chi connectivity index (χ3v) is 3.68. The van der Waals surface area contributed by atoms with E-state index in [-0.39, 0.29) is 24.5 Å². The van der Waals surface area contributed by atoms with Crippen LogP contribution in [0.4, 0.5) is 0 Å². The van der Waals surface area contributed by atoms with Crippen molar-refractivity contribution in [1.29, 1.82) is 0 Å². The van der Waals surface area contributed by atoms with Gasteiger partial charge in [-0.15, -0.1) is 0 Å². The van der Waals surface area contributed by atoms with Crippen LogP contribution in [-0.4, -0.2) is 23.7 Å². The number of hydrogen-bond donors (Lipinski definition) is 2. The Morgan fingerprint density at radius 1 is 1.33 bits per heavy atom. The summed E-state index contributed by atoms with van der Waals surface area (Å²) in [7, 11) is 0. The van der Waals surface area contributed by atoms with Gasteiger partial charge in [0.15, 0.2) is 0 Å². The van der Waals surface area contributed by atoms with Crippen LogP contribution in [0.2, 0.25) is 0 Å². The average molecular weight is 247 g/mol. The van der Waals surface area contributed by atoms with Gasteiger partial charge in [0.05, 0.1) is 12.6 Å². The zero-order chi connectivity index (χ0) is 13.1. The van der Waals surface area contributed by atoms with E-state index in [0.717, 1.165) is 12.8 Å². The van der Waals surface area contributed by atoms with Gasteiger partial charge in [-0.1, -0.05) is 19.9 Å². The molecule has 1 aliphatic rings. The Balaban J connectivity index is 2.09. The Labute approximate surface area is 108 Å². The first-order chi connectivity index (χ1) is 8.61. The van der Waals surface area contributed by atoms with Gasteiger partial charge in [0.1, 0.15) is 0 Å². The molecule has 0 saturated heterocycles. The number of benzene rings is 1. The van der Waals surface area contributed by atoms with Crippen molar-refractivity contribution >= 4 is 5.91 Å². The maximum atomic E-state index is 12.1. The fraction of sp³-hybridized carbons (Fsp3) is 0.533. The number of carbonyl (C=O) groups is 1. The summed E-state index contributed by atoms with van der Waals surface area (Å²) in [6.45, 7) is 3.96. The molecule has 2 rings (SSSR count). The normalized spacial score (nSPS) is 15.6. The molecule has 2 N–H and O–H groups in total. The summed E-state index contributed by atoms with van der Waals surface area (Å²) in [6.07, 6.45) is 3.39. The Kier molecular flexibility index (Phi) is 4.02. The molecule has 1 unspecified atom stereocenters. The number of aliphatic hydroxyl groups is 1. The molecule has 18 heavy (non-hydrogen) atoms. The van der Waals surface area contributed by atoms with E-state index in [1.54, 1.807) is 0 Å². The van der Waals surface area contributed by atoms with Crippen molar-refractivity contribution in [3.63, 3.8) is 0 Å². The first kappa shape index (κ1) is 13.1. The maximum absolute atomic E-state index is 12.1. The molecule has 1 aromatic carbocycles. The van der Waals surface area contributed by atoms with Gasteiger partial charge in [0.25, 0.3) is 5.91 Å². The van der Waals surface area contributed by atoms with Crippen LogP contribution in [0.1, 0.15) is 41.8 Å². The number of carbonyl (C=O) groups excluding carboxylic acids is 1. The Morgan fingerprint density at radius 2 is 2.06 bits per heavy atom. The van der Waals surface area contributed by atoms with E-state index >= 15 is 0 Å². The largest absolute Gasteiger partial charge is 0.394 e. The topological polar surface area (TPSA) is 49.3 Å². The monoisotopic (exact) mass is 247 g/mol. The number of nitrogens with one attached hydrogen (secondary N) is 1. The van der Waals surface area contributed by atoms with Crippen LogP contribution in [0, 0.1) is 5.92 Å². The Hall–Kier alpha value is -1.35. The van der Waals surface area contributed by atoms with E-state index in [1.807, 2.05) is 26.0 Å². The fourth-order valence-electron chi connectivity index (χ4n) is 2.39. The van der Waals surface area contributed by atoms with E-state index in [1.165, 1.54) is 17.5 Å². The number of fused-ring (bicyclic) bond motifs is 1. The number of amides is 1. The predicted molar refractivity (Wildman–Crippen MR) is 71.6 cm³/mol. The standard InChI is InChI=1S/C15H21NO2/c1-10(2)14(9-17)16-15(18)13-7-6-11-4-3-5-12(11)8-13/h6-8,10,14,17H,3-5,9H2,1-2H3,(H,16,18). The molecule has 1 amide bonds.